The highest BCUT2D eigenvalue weighted by Gasteiger charge is 2.52. The molecule has 0 radical (unpaired) electrons. The molecule has 0 unspecified atom stereocenters. The Morgan fingerprint density at radius 1 is 0.542 bits per heavy atom. The van der Waals surface area contributed by atoms with E-state index >= 15 is 0 Å². The molecule has 41 heteroatoms. The van der Waals surface area contributed by atoms with Gasteiger partial charge in [0.2, 0.25) is 39.4 Å². The zero-order valence-corrected chi connectivity index (χ0v) is 72.4. The molecule has 120 heavy (non-hydrogen) atoms. The topological polar surface area (TPSA) is 496 Å². The van der Waals surface area contributed by atoms with Gasteiger partial charge in [-0.2, -0.15) is 33.9 Å². The lowest BCUT2D eigenvalue weighted by Crippen LogP contribution is -2.35. The number of hydrogen-bond acceptors (Lipinski definition) is 23. The van der Waals surface area contributed by atoms with Crippen molar-refractivity contribution in [1.29, 1.82) is 0 Å². The summed E-state index contributed by atoms with van der Waals surface area (Å²) in [5, 5.41) is 50.7. The van der Waals surface area contributed by atoms with Gasteiger partial charge in [0.25, 0.3) is 15.6 Å². The third kappa shape index (κ3) is 18.6. The number of carbonyl (C=O) groups excluding carboxylic acids is 1. The molecule has 10 aliphatic carbocycles. The van der Waals surface area contributed by atoms with E-state index in [1.54, 1.807) is 32.6 Å². The van der Waals surface area contributed by atoms with Crippen LogP contribution in [0.25, 0.3) is 0 Å². The number of aryl methyl sites for hydroxylation is 4. The Labute approximate surface area is 716 Å². The Balaban J connectivity index is 0.000000112. The monoisotopic (exact) mass is 1840 g/mol. The minimum absolute atomic E-state index is 0. The first-order chi connectivity index (χ1) is 56.5. The van der Waals surface area contributed by atoms with E-state index in [1.165, 1.54) is 134 Å². The number of ether oxygens (including phenoxy) is 5. The quantitative estimate of drug-likeness (QED) is 0.0479. The Morgan fingerprint density at radius 2 is 0.950 bits per heavy atom. The average molecular weight is 1840 g/mol. The Kier molecular flexibility index (Phi) is 24.3. The molecule has 9 aromatic rings. The van der Waals surface area contributed by atoms with Gasteiger partial charge in [0.05, 0.1) is 124 Å². The second kappa shape index (κ2) is 33.7. The van der Waals surface area contributed by atoms with Crippen molar-refractivity contribution >= 4 is 98.3 Å². The zero-order chi connectivity index (χ0) is 82.4. The van der Waals surface area contributed by atoms with Crippen molar-refractivity contribution in [3.05, 3.63) is 148 Å². The number of amides is 2. The summed E-state index contributed by atoms with van der Waals surface area (Å²) in [4.78, 5) is 22.5. The van der Waals surface area contributed by atoms with E-state index in [1.807, 2.05) is 15.4 Å². The molecule has 15 N–H and O–H groups in total. The Hall–Kier alpha value is -8.41. The van der Waals surface area contributed by atoms with Crippen LogP contribution in [0.1, 0.15) is 147 Å². The molecule has 0 saturated heterocycles. The van der Waals surface area contributed by atoms with Crippen molar-refractivity contribution in [2.75, 3.05) is 57.3 Å². The fourth-order valence-electron chi connectivity index (χ4n) is 16.6. The molecule has 34 nitrogen and oxygen atoms in total. The van der Waals surface area contributed by atoms with Crippen LogP contribution in [-0.4, -0.2) is 152 Å². The maximum Gasteiger partial charge on any atom is 0.346 e. The number of aliphatic hydroxyl groups excluding tert-OH is 2. The van der Waals surface area contributed by atoms with Gasteiger partial charge < -0.3 is 65.9 Å². The maximum atomic E-state index is 12.9. The molecular weight excluding hydrogens is 1740 g/mol. The summed E-state index contributed by atoms with van der Waals surface area (Å²) in [6, 6.07) is 9.99. The van der Waals surface area contributed by atoms with Crippen molar-refractivity contribution in [2.24, 2.45) is 37.6 Å². The third-order valence-corrected chi connectivity index (χ3v) is 29.9. The summed E-state index contributed by atoms with van der Waals surface area (Å²) in [6.07, 6.45) is 36.1. The predicted octanol–water partition coefficient (Wildman–Crippen LogP) is 9.94. The van der Waals surface area contributed by atoms with Crippen LogP contribution < -0.4 is 60.5 Å². The van der Waals surface area contributed by atoms with E-state index < -0.39 is 36.2 Å². The number of aliphatic hydroxyl groups is 2. The van der Waals surface area contributed by atoms with Crippen LogP contribution in [0.15, 0.2) is 97.5 Å². The summed E-state index contributed by atoms with van der Waals surface area (Å²) in [6.45, 7) is 7.76. The van der Waals surface area contributed by atoms with Crippen LogP contribution in [0.4, 0.5) is 16.2 Å². The summed E-state index contributed by atoms with van der Waals surface area (Å²) in [5.41, 5.74) is 20.2. The molecule has 11 heterocycles. The van der Waals surface area contributed by atoms with Gasteiger partial charge in [0, 0.05) is 67.2 Å². The van der Waals surface area contributed by atoms with Gasteiger partial charge >= 0.3 is 16.1 Å². The number of urea groups is 1. The molecule has 6 saturated carbocycles. The number of anilines is 2. The number of primary sulfonamides is 1. The highest BCUT2D eigenvalue weighted by atomic mass is 79.9. The number of nitrogens with zero attached hydrogens (tertiary/aromatic N) is 10. The number of nitrogen functional groups attached to an aromatic ring is 1. The molecular formula is C79H99BrCl3N17O17S3. The minimum atomic E-state index is -4.21. The zero-order valence-electron chi connectivity index (χ0n) is 66.1. The van der Waals surface area contributed by atoms with Crippen molar-refractivity contribution in [1.82, 2.24) is 70.0 Å². The normalized spacial score (nSPS) is 20.0. The molecule has 6 aromatic heterocycles. The lowest BCUT2D eigenvalue weighted by molar-refractivity contribution is 0.134. The molecule has 648 valence electrons. The molecule has 5 spiro atoms. The Bertz CT molecular complexity index is 5670. The number of rotatable bonds is 9. The second-order valence-corrected chi connectivity index (χ2v) is 41.1. The maximum absolute atomic E-state index is 12.9. The van der Waals surface area contributed by atoms with Gasteiger partial charge in [-0.05, 0) is 227 Å². The standard InChI is InChI=1S/C21H24N4O4S.C14H11Cl3N2O4S.C12H15N.C8H9BrN2O.C8H11N3O3S.C8H10N2O.C5H10O2.C3H4N2O.H3N.H2O/c26-20(23-18-15-5-1-3-13(15)9-14-4-2-6-16(14)18)24-30(27,28)17-10-22-25-11-21(7-8-21)12-29-19(17)25;15-8-3-9(16)12(10(17)4-8)23-24(20,21)11-5-18-19-6-14(1-2-14)7-22-13(11)19;13-12-10-5-1-3-8(10)7-9-4-2-6-11(9)12;9-6-3-10-11-4-8(1-2-8)5-12-7(6)11;9-15(12,13)6-3-10-11-4-8(1-2-8)5-14-7(6)11;1-4-9-10-5-8(2-3-8)6-11-7(1)10;6-3-5(4-7)1-2-5;6-3-1-2-4-5-3;;/h9-10H,1-8,11-12H2,(H2,23,24,26);3-5H,1-2,6-7H2;7H,1-6,13H2;3H,1-2,4-5H2;3H,1-2,4-5H2,(H2,9,12,13);1,4H,2-3,5-6H2;6-7H,1-4H2;1-2H,(H2,4,5,6);1H3;1H2. The van der Waals surface area contributed by atoms with Crippen LogP contribution in [0, 0.1) is 32.5 Å². The number of hydrogen-bond donors (Lipinski definition) is 9. The van der Waals surface area contributed by atoms with Gasteiger partial charge in [0.15, 0.2) is 20.4 Å². The number of aromatic nitrogens is 12. The van der Waals surface area contributed by atoms with Gasteiger partial charge in [-0.1, -0.05) is 46.9 Å². The first-order valence-corrected chi connectivity index (χ1v) is 46.4. The van der Waals surface area contributed by atoms with Gasteiger partial charge in [-0.3, -0.25) is 9.89 Å². The van der Waals surface area contributed by atoms with Crippen LogP contribution in [0.3, 0.4) is 0 Å². The Morgan fingerprint density at radius 3 is 1.38 bits per heavy atom. The summed E-state index contributed by atoms with van der Waals surface area (Å²) < 4.78 is 118. The smallest absolute Gasteiger partial charge is 0.346 e. The minimum Gasteiger partial charge on any atom is -0.477 e. The number of carbonyl (C=O) groups is 1. The van der Waals surface area contributed by atoms with Crippen LogP contribution in [0.2, 0.25) is 15.1 Å². The number of aromatic amines is 2. The number of H-pyrrole nitrogens is 2. The molecule has 15 aliphatic rings. The van der Waals surface area contributed by atoms with E-state index in [0.717, 1.165) is 161 Å². The highest BCUT2D eigenvalue weighted by Crippen LogP contribution is 2.55. The molecule has 0 atom stereocenters. The van der Waals surface area contributed by atoms with Crippen molar-refractivity contribution < 1.29 is 73.6 Å². The highest BCUT2D eigenvalue weighted by molar-refractivity contribution is 9.10. The number of benzene rings is 3. The van der Waals surface area contributed by atoms with E-state index in [0.29, 0.717) is 43.7 Å². The SMILES string of the molecule is Brc1cnn2c1OCC1(CC1)C2.N.NS(=O)(=O)c1cnn2c1OCC1(CC1)C2.Nc1c2c(cc3c1CCC3)CCC2.O.O=C(Nc1c2c(cc3c1CCC3)CCC2)NS(=O)(=O)c1cnn2c1OCC1(CC1)C2.O=S(=O)(Oc1c(Cl)cc(Cl)cc1Cl)c1cnn2c1OCC1(CC1)C2.O=c1cc[nH][nH]1.OCC1(CO)CC1.c1cc2n(n1)CC1(CC1)CO2. The fraction of sp³-hybridized carbons (Fsp3) is 0.532. The number of halogens is 4. The molecule has 0 bridgehead atoms. The lowest BCUT2D eigenvalue weighted by Gasteiger charge is -2.24. The summed E-state index contributed by atoms with van der Waals surface area (Å²) >= 11 is 21.2. The summed E-state index contributed by atoms with van der Waals surface area (Å²) in [7, 11) is -12.0. The fourth-order valence-corrected chi connectivity index (χ4v) is 20.6. The number of fused-ring (bicyclic) bond motifs is 9. The van der Waals surface area contributed by atoms with Crippen LogP contribution >= 0.6 is 50.7 Å². The van der Waals surface area contributed by atoms with E-state index in [-0.39, 0.29) is 105 Å². The first kappa shape index (κ1) is 86.5. The van der Waals surface area contributed by atoms with Crippen molar-refractivity contribution in [2.45, 2.75) is 202 Å². The van der Waals surface area contributed by atoms with Gasteiger partial charge in [0.1, 0.15) is 0 Å². The van der Waals surface area contributed by atoms with E-state index in [4.69, 9.17) is 83.8 Å². The van der Waals surface area contributed by atoms with Crippen molar-refractivity contribution in [3.63, 3.8) is 0 Å². The molecule has 24 rings (SSSR count). The number of sulfonamides is 2. The number of nitrogens with one attached hydrogen (secondary N) is 4. The molecule has 5 aliphatic heterocycles. The van der Waals surface area contributed by atoms with Crippen LogP contribution in [0.5, 0.6) is 35.1 Å². The van der Waals surface area contributed by atoms with E-state index in [9.17, 15) is 34.8 Å². The van der Waals surface area contributed by atoms with Gasteiger partial charge in [-0.25, -0.2) is 54.9 Å². The molecule has 2 amide bonds. The molecule has 6 fully saturated rings. The summed E-state index contributed by atoms with van der Waals surface area (Å²) in [5.74, 6) is 2.32. The van der Waals surface area contributed by atoms with Crippen LogP contribution in [-0.2, 0) is 114 Å². The predicted molar refractivity (Wildman–Crippen MR) is 446 cm³/mol. The van der Waals surface area contributed by atoms with E-state index in [2.05, 4.69) is 73.8 Å². The number of nitrogens with two attached hydrogens (primary N) is 2. The van der Waals surface area contributed by atoms with Crippen molar-refractivity contribution in [3.8, 4) is 35.1 Å². The lowest BCUT2D eigenvalue weighted by atomic mass is 9.99. The largest absolute Gasteiger partial charge is 0.477 e. The second-order valence-electron chi connectivity index (χ2n) is 34.3. The van der Waals surface area contributed by atoms with Gasteiger partial charge in [-0.15, -0.1) is 0 Å². The average Bonchev–Trinajstić information content (AvgIpc) is 1.61. The molecule has 3 aromatic carbocycles. The first-order valence-electron chi connectivity index (χ1n) is 40.0. The third-order valence-electron chi connectivity index (χ3n) is 25.1.